The first-order chi connectivity index (χ1) is 20.3. The van der Waals surface area contributed by atoms with E-state index in [4.69, 9.17) is 4.74 Å². The highest BCUT2D eigenvalue weighted by molar-refractivity contribution is 8.00. The Hall–Kier alpha value is -4.89. The minimum Gasteiger partial charge on any atom is -0.492 e. The summed E-state index contributed by atoms with van der Waals surface area (Å²) in [5.41, 5.74) is 1.38. The lowest BCUT2D eigenvalue weighted by molar-refractivity contribution is -0.115. The highest BCUT2D eigenvalue weighted by atomic mass is 32.2. The Bertz CT molecular complexity index is 1590. The molecule has 0 bridgehead atoms. The first-order valence-electron chi connectivity index (χ1n) is 13.3. The fourth-order valence-electron chi connectivity index (χ4n) is 3.88. The minimum atomic E-state index is -0.636. The zero-order valence-corrected chi connectivity index (χ0v) is 23.9. The number of amides is 3. The fraction of sp³-hybridized carbons (Fsp3) is 0.121. The number of thioether (sulfide) groups is 1. The number of ether oxygens (including phenoxy) is 1. The Morgan fingerprint density at radius 2 is 1.60 bits per heavy atom. The summed E-state index contributed by atoms with van der Waals surface area (Å²) in [6.07, 6.45) is 1.29. The van der Waals surface area contributed by atoms with Gasteiger partial charge in [0.05, 0.1) is 17.5 Å². The van der Waals surface area contributed by atoms with Crippen molar-refractivity contribution in [3.8, 4) is 5.75 Å². The largest absolute Gasteiger partial charge is 0.492 e. The van der Waals surface area contributed by atoms with Crippen LogP contribution in [0.25, 0.3) is 6.08 Å². The van der Waals surface area contributed by atoms with E-state index in [1.165, 1.54) is 36.0 Å². The van der Waals surface area contributed by atoms with E-state index in [9.17, 15) is 18.8 Å². The van der Waals surface area contributed by atoms with Gasteiger partial charge in [-0.05, 0) is 68.5 Å². The number of rotatable bonds is 11. The Kier molecular flexibility index (Phi) is 10.5. The van der Waals surface area contributed by atoms with E-state index >= 15 is 0 Å². The van der Waals surface area contributed by atoms with Crippen LogP contribution in [0.1, 0.15) is 29.8 Å². The molecule has 0 radical (unpaired) electrons. The van der Waals surface area contributed by atoms with Gasteiger partial charge in [0.25, 0.3) is 11.8 Å². The van der Waals surface area contributed by atoms with Crippen molar-refractivity contribution >= 4 is 46.9 Å². The van der Waals surface area contributed by atoms with Crippen LogP contribution in [-0.2, 0) is 9.59 Å². The molecule has 4 aromatic carbocycles. The van der Waals surface area contributed by atoms with Crippen LogP contribution in [0.5, 0.6) is 5.75 Å². The zero-order valence-electron chi connectivity index (χ0n) is 23.1. The van der Waals surface area contributed by atoms with Gasteiger partial charge < -0.3 is 20.7 Å². The van der Waals surface area contributed by atoms with Crippen LogP contribution in [0.4, 0.5) is 15.8 Å². The molecule has 0 spiro atoms. The summed E-state index contributed by atoms with van der Waals surface area (Å²) in [6.45, 7) is 4.13. The second-order valence-electron chi connectivity index (χ2n) is 9.06. The van der Waals surface area contributed by atoms with Crippen molar-refractivity contribution < 1.29 is 23.5 Å². The Morgan fingerprint density at radius 1 is 0.881 bits per heavy atom. The van der Waals surface area contributed by atoms with Gasteiger partial charge in [-0.2, -0.15) is 0 Å². The molecule has 0 aliphatic heterocycles. The summed E-state index contributed by atoms with van der Waals surface area (Å²) in [6, 6.07) is 28.6. The van der Waals surface area contributed by atoms with Crippen LogP contribution in [0.3, 0.4) is 0 Å². The van der Waals surface area contributed by atoms with Crippen molar-refractivity contribution in [3.63, 3.8) is 0 Å². The quantitative estimate of drug-likeness (QED) is 0.134. The maximum absolute atomic E-state index is 14.4. The smallest absolute Gasteiger partial charge is 0.272 e. The van der Waals surface area contributed by atoms with Gasteiger partial charge in [-0.25, -0.2) is 4.39 Å². The van der Waals surface area contributed by atoms with Crippen molar-refractivity contribution in [2.45, 2.75) is 24.0 Å². The number of nitrogens with one attached hydrogen (secondary N) is 3. The third kappa shape index (κ3) is 8.31. The molecule has 0 aliphatic carbocycles. The fourth-order valence-corrected chi connectivity index (χ4v) is 4.81. The Morgan fingerprint density at radius 3 is 2.36 bits per heavy atom. The lowest BCUT2D eigenvalue weighted by Gasteiger charge is -2.15. The van der Waals surface area contributed by atoms with E-state index in [2.05, 4.69) is 16.0 Å². The van der Waals surface area contributed by atoms with Gasteiger partial charge >= 0.3 is 0 Å². The average Bonchev–Trinajstić information content (AvgIpc) is 2.99. The molecular formula is C33H30FN3O4S. The number of benzene rings is 4. The highest BCUT2D eigenvalue weighted by Crippen LogP contribution is 2.29. The molecule has 7 nitrogen and oxygen atoms in total. The standard InChI is InChI=1S/C33H30FN3O4S/c1-3-41-30-19-10-9-18-28(30)36-31(38)22(2)42-26-16-11-15-25(21-26)35-33(40)29(20-24-14-7-8-17-27(24)34)37-32(39)23-12-5-4-6-13-23/h4-22H,3H2,1-2H3,(H,35,40)(H,36,38)(H,37,39)/b29-20-. The number of halogens is 1. The minimum absolute atomic E-state index is 0.132. The molecule has 3 N–H and O–H groups in total. The lowest BCUT2D eigenvalue weighted by Crippen LogP contribution is -2.30. The summed E-state index contributed by atoms with van der Waals surface area (Å²) >= 11 is 1.31. The van der Waals surface area contributed by atoms with Crippen LogP contribution < -0.4 is 20.7 Å². The normalized spacial score (nSPS) is 11.7. The van der Waals surface area contributed by atoms with Crippen LogP contribution in [0.15, 0.2) is 114 Å². The van der Waals surface area contributed by atoms with E-state index in [0.29, 0.717) is 29.3 Å². The highest BCUT2D eigenvalue weighted by Gasteiger charge is 2.18. The molecular weight excluding hydrogens is 553 g/mol. The molecule has 42 heavy (non-hydrogen) atoms. The molecule has 9 heteroatoms. The molecule has 4 rings (SSSR count). The first-order valence-corrected chi connectivity index (χ1v) is 14.2. The number of hydrogen-bond donors (Lipinski definition) is 3. The van der Waals surface area contributed by atoms with Crippen molar-refractivity contribution in [3.05, 3.63) is 126 Å². The molecule has 214 valence electrons. The molecule has 1 unspecified atom stereocenters. The summed E-state index contributed by atoms with van der Waals surface area (Å²) in [5.74, 6) is -1.30. The summed E-state index contributed by atoms with van der Waals surface area (Å²) in [5, 5.41) is 7.81. The summed E-state index contributed by atoms with van der Waals surface area (Å²) in [7, 11) is 0. The summed E-state index contributed by atoms with van der Waals surface area (Å²) in [4.78, 5) is 39.8. The predicted octanol–water partition coefficient (Wildman–Crippen LogP) is 6.75. The predicted molar refractivity (Wildman–Crippen MR) is 165 cm³/mol. The monoisotopic (exact) mass is 583 g/mol. The maximum Gasteiger partial charge on any atom is 0.272 e. The van der Waals surface area contributed by atoms with E-state index in [1.807, 2.05) is 25.1 Å². The van der Waals surface area contributed by atoms with Crippen molar-refractivity contribution in [2.24, 2.45) is 0 Å². The lowest BCUT2D eigenvalue weighted by atomic mass is 10.1. The number of hydrogen-bond acceptors (Lipinski definition) is 5. The second kappa shape index (κ2) is 14.7. The van der Waals surface area contributed by atoms with Gasteiger partial charge in [0, 0.05) is 21.7 Å². The zero-order chi connectivity index (χ0) is 29.9. The molecule has 0 aromatic heterocycles. The molecule has 4 aromatic rings. The van der Waals surface area contributed by atoms with Crippen LogP contribution in [0, 0.1) is 5.82 Å². The first kappa shape index (κ1) is 30.1. The van der Waals surface area contributed by atoms with Crippen LogP contribution in [-0.4, -0.2) is 29.6 Å². The molecule has 0 heterocycles. The number of para-hydroxylation sites is 2. The molecule has 0 aliphatic rings. The van der Waals surface area contributed by atoms with Gasteiger partial charge in [0.2, 0.25) is 5.91 Å². The van der Waals surface area contributed by atoms with E-state index < -0.39 is 22.9 Å². The molecule has 3 amide bonds. The molecule has 0 saturated heterocycles. The molecule has 0 saturated carbocycles. The van der Waals surface area contributed by atoms with E-state index in [0.717, 1.165) is 4.90 Å². The Labute approximate surface area is 248 Å². The summed E-state index contributed by atoms with van der Waals surface area (Å²) < 4.78 is 20.0. The average molecular weight is 584 g/mol. The van der Waals surface area contributed by atoms with Gasteiger partial charge in [-0.15, -0.1) is 11.8 Å². The SMILES string of the molecule is CCOc1ccccc1NC(=O)C(C)Sc1cccc(NC(=O)/C(=C/c2ccccc2F)NC(=O)c2ccccc2)c1. The molecule has 0 fully saturated rings. The van der Waals surface area contributed by atoms with Gasteiger partial charge in [0.15, 0.2) is 0 Å². The van der Waals surface area contributed by atoms with Crippen molar-refractivity contribution in [1.82, 2.24) is 5.32 Å². The third-order valence-corrected chi connectivity index (χ3v) is 7.05. The number of anilines is 2. The van der Waals surface area contributed by atoms with Gasteiger partial charge in [0.1, 0.15) is 17.3 Å². The van der Waals surface area contributed by atoms with E-state index in [-0.39, 0.29) is 17.2 Å². The second-order valence-corrected chi connectivity index (χ2v) is 10.5. The van der Waals surface area contributed by atoms with Crippen LogP contribution in [0.2, 0.25) is 0 Å². The van der Waals surface area contributed by atoms with Crippen molar-refractivity contribution in [1.29, 1.82) is 0 Å². The molecule has 1 atom stereocenters. The topological polar surface area (TPSA) is 96.5 Å². The van der Waals surface area contributed by atoms with Gasteiger partial charge in [-0.3, -0.25) is 14.4 Å². The van der Waals surface area contributed by atoms with Crippen LogP contribution >= 0.6 is 11.8 Å². The third-order valence-electron chi connectivity index (χ3n) is 5.95. The van der Waals surface area contributed by atoms with Crippen molar-refractivity contribution in [2.75, 3.05) is 17.2 Å². The Balaban J connectivity index is 1.48. The number of carbonyl (C=O) groups is 3. The van der Waals surface area contributed by atoms with Gasteiger partial charge in [-0.1, -0.05) is 54.6 Å². The van der Waals surface area contributed by atoms with E-state index in [1.54, 1.807) is 73.7 Å². The number of carbonyl (C=O) groups excluding carboxylic acids is 3. The maximum atomic E-state index is 14.4.